The molecule has 24 heavy (non-hydrogen) atoms. The molecule has 0 radical (unpaired) electrons. The summed E-state index contributed by atoms with van der Waals surface area (Å²) in [6.45, 7) is 7.36. The second-order valence-corrected chi connectivity index (χ2v) is 7.96. The van der Waals surface area contributed by atoms with Crippen LogP contribution in [0.2, 0.25) is 0 Å². The molecule has 4 nitrogen and oxygen atoms in total. The molecule has 1 aromatic carbocycles. The van der Waals surface area contributed by atoms with Crippen molar-refractivity contribution in [1.29, 1.82) is 0 Å². The number of hydrogen-bond acceptors (Lipinski definition) is 3. The lowest BCUT2D eigenvalue weighted by atomic mass is 9.64. The Hall–Kier alpha value is -1.84. The molecule has 1 atom stereocenters. The van der Waals surface area contributed by atoms with Crippen LogP contribution in [0.5, 0.6) is 0 Å². The number of nitrogens with zero attached hydrogens (tertiary/aromatic N) is 1. The van der Waals surface area contributed by atoms with E-state index in [0.29, 0.717) is 0 Å². The highest BCUT2D eigenvalue weighted by molar-refractivity contribution is 5.78. The van der Waals surface area contributed by atoms with Crippen LogP contribution in [-0.2, 0) is 14.9 Å². The van der Waals surface area contributed by atoms with Crippen LogP contribution in [0.3, 0.4) is 0 Å². The van der Waals surface area contributed by atoms with Crippen molar-refractivity contribution >= 4 is 12.4 Å². The van der Waals surface area contributed by atoms with Gasteiger partial charge in [-0.05, 0) is 46.1 Å². The molecule has 1 amide bonds. The van der Waals surface area contributed by atoms with E-state index in [0.717, 1.165) is 37.5 Å². The molecule has 132 valence electrons. The van der Waals surface area contributed by atoms with Crippen molar-refractivity contribution in [3.63, 3.8) is 0 Å². The van der Waals surface area contributed by atoms with Crippen molar-refractivity contribution in [2.75, 3.05) is 7.05 Å². The minimum absolute atomic E-state index is 0.373. The number of carbonyl (C=O) groups excluding carboxylic acids is 2. The minimum atomic E-state index is -0.951. The normalized spacial score (nSPS) is 19.4. The van der Waals surface area contributed by atoms with Crippen LogP contribution in [0.4, 0.5) is 4.79 Å². The Labute approximate surface area is 145 Å². The highest BCUT2D eigenvalue weighted by Gasteiger charge is 2.55. The van der Waals surface area contributed by atoms with Crippen LogP contribution in [0.25, 0.3) is 0 Å². The number of aldehydes is 1. The van der Waals surface area contributed by atoms with Gasteiger partial charge >= 0.3 is 6.09 Å². The number of rotatable bonds is 4. The standard InChI is InChI=1S/C20H29NO3/c1-18(2,3)24-17(23)21(5)19(4,15-22)20(13-9-10-14-20)16-11-7-6-8-12-16/h6-8,11-12,15H,9-10,13-14H2,1-5H3. The minimum Gasteiger partial charge on any atom is -0.444 e. The maximum absolute atomic E-state index is 12.6. The van der Waals surface area contributed by atoms with Crippen LogP contribution >= 0.6 is 0 Å². The Morgan fingerprint density at radius 1 is 1.12 bits per heavy atom. The fourth-order valence-corrected chi connectivity index (χ4v) is 3.86. The van der Waals surface area contributed by atoms with Crippen LogP contribution in [0.1, 0.15) is 58.9 Å². The Balaban J connectivity index is 2.45. The van der Waals surface area contributed by atoms with E-state index in [1.165, 1.54) is 4.90 Å². The van der Waals surface area contributed by atoms with Gasteiger partial charge in [0.15, 0.2) is 0 Å². The van der Waals surface area contributed by atoms with Crippen molar-refractivity contribution in [3.05, 3.63) is 35.9 Å². The Morgan fingerprint density at radius 2 is 1.67 bits per heavy atom. The van der Waals surface area contributed by atoms with E-state index in [2.05, 4.69) is 12.1 Å². The number of ether oxygens (including phenoxy) is 1. The molecule has 0 heterocycles. The SMILES string of the molecule is CN(C(=O)OC(C)(C)C)C(C)(C=O)C1(c2ccccc2)CCCC1. The monoisotopic (exact) mass is 331 g/mol. The van der Waals surface area contributed by atoms with Gasteiger partial charge in [-0.3, -0.25) is 4.90 Å². The molecule has 1 unspecified atom stereocenters. The van der Waals surface area contributed by atoms with Crippen molar-refractivity contribution in [3.8, 4) is 0 Å². The van der Waals surface area contributed by atoms with E-state index in [1.54, 1.807) is 7.05 Å². The summed E-state index contributed by atoms with van der Waals surface area (Å²) < 4.78 is 5.52. The van der Waals surface area contributed by atoms with Gasteiger partial charge < -0.3 is 9.53 Å². The van der Waals surface area contributed by atoms with Crippen LogP contribution < -0.4 is 0 Å². The van der Waals surface area contributed by atoms with Gasteiger partial charge in [-0.1, -0.05) is 43.2 Å². The summed E-state index contributed by atoms with van der Waals surface area (Å²) in [7, 11) is 1.67. The van der Waals surface area contributed by atoms with E-state index in [4.69, 9.17) is 4.74 Å². The van der Waals surface area contributed by atoms with Crippen LogP contribution in [0.15, 0.2) is 30.3 Å². The molecule has 0 aliphatic heterocycles. The Kier molecular flexibility index (Phi) is 5.07. The van der Waals surface area contributed by atoms with Crippen molar-refractivity contribution in [2.24, 2.45) is 0 Å². The maximum atomic E-state index is 12.6. The zero-order valence-corrected chi connectivity index (χ0v) is 15.5. The van der Waals surface area contributed by atoms with Gasteiger partial charge in [-0.2, -0.15) is 0 Å². The van der Waals surface area contributed by atoms with Crippen molar-refractivity contribution in [1.82, 2.24) is 4.90 Å². The van der Waals surface area contributed by atoms with Gasteiger partial charge in [-0.15, -0.1) is 0 Å². The molecule has 1 saturated carbocycles. The largest absolute Gasteiger partial charge is 0.444 e. The van der Waals surface area contributed by atoms with E-state index in [1.807, 2.05) is 45.9 Å². The lowest BCUT2D eigenvalue weighted by molar-refractivity contribution is -0.121. The first-order valence-electron chi connectivity index (χ1n) is 8.65. The third kappa shape index (κ3) is 3.19. The molecular weight excluding hydrogens is 302 g/mol. The molecule has 0 spiro atoms. The summed E-state index contributed by atoms with van der Waals surface area (Å²) in [6.07, 6.45) is 4.36. The van der Waals surface area contributed by atoms with E-state index in [-0.39, 0.29) is 5.41 Å². The first-order valence-corrected chi connectivity index (χ1v) is 8.65. The highest BCUT2D eigenvalue weighted by atomic mass is 16.6. The number of likely N-dealkylation sites (N-methyl/N-ethyl adjacent to an activating group) is 1. The zero-order valence-electron chi connectivity index (χ0n) is 15.5. The van der Waals surface area contributed by atoms with Gasteiger partial charge in [0, 0.05) is 12.5 Å². The first kappa shape index (κ1) is 18.5. The van der Waals surface area contributed by atoms with Crippen molar-refractivity contribution < 1.29 is 14.3 Å². The molecule has 1 aliphatic carbocycles. The van der Waals surface area contributed by atoms with Crippen LogP contribution in [-0.4, -0.2) is 35.5 Å². The zero-order chi connectivity index (χ0) is 18.0. The topological polar surface area (TPSA) is 46.6 Å². The van der Waals surface area contributed by atoms with Gasteiger partial charge in [0.2, 0.25) is 0 Å². The molecule has 0 saturated heterocycles. The average Bonchev–Trinajstić information content (AvgIpc) is 3.04. The summed E-state index contributed by atoms with van der Waals surface area (Å²) in [5.41, 5.74) is -0.799. The molecule has 2 rings (SSSR count). The quantitative estimate of drug-likeness (QED) is 0.772. The summed E-state index contributed by atoms with van der Waals surface area (Å²) >= 11 is 0. The Bertz CT molecular complexity index is 585. The predicted molar refractivity (Wildman–Crippen MR) is 95.1 cm³/mol. The third-order valence-corrected chi connectivity index (χ3v) is 5.35. The molecule has 4 heteroatoms. The number of benzene rings is 1. The highest BCUT2D eigenvalue weighted by Crippen LogP contribution is 2.50. The van der Waals surface area contributed by atoms with Crippen molar-refractivity contribution in [2.45, 2.75) is 69.9 Å². The molecular formula is C20H29NO3. The lowest BCUT2D eigenvalue weighted by Crippen LogP contribution is -2.61. The molecule has 0 aromatic heterocycles. The Morgan fingerprint density at radius 3 is 2.12 bits per heavy atom. The summed E-state index contributed by atoms with van der Waals surface area (Å²) in [5, 5.41) is 0. The van der Waals surface area contributed by atoms with E-state index < -0.39 is 17.2 Å². The number of amides is 1. The summed E-state index contributed by atoms with van der Waals surface area (Å²) in [6, 6.07) is 10.1. The van der Waals surface area contributed by atoms with E-state index >= 15 is 0 Å². The maximum Gasteiger partial charge on any atom is 0.410 e. The second kappa shape index (κ2) is 6.58. The molecule has 1 aliphatic rings. The molecule has 1 aromatic rings. The van der Waals surface area contributed by atoms with E-state index in [9.17, 15) is 9.59 Å². The second-order valence-electron chi connectivity index (χ2n) is 7.96. The molecule has 1 fully saturated rings. The van der Waals surface area contributed by atoms with Gasteiger partial charge in [-0.25, -0.2) is 4.79 Å². The number of hydrogen-bond donors (Lipinski definition) is 0. The molecule has 0 N–H and O–H groups in total. The average molecular weight is 331 g/mol. The summed E-state index contributed by atoms with van der Waals surface area (Å²) in [4.78, 5) is 26.4. The predicted octanol–water partition coefficient (Wildman–Crippen LogP) is 4.32. The fraction of sp³-hybridized carbons (Fsp3) is 0.600. The van der Waals surface area contributed by atoms with Gasteiger partial charge in [0.25, 0.3) is 0 Å². The fourth-order valence-electron chi connectivity index (χ4n) is 3.86. The number of carbonyl (C=O) groups is 2. The van der Waals surface area contributed by atoms with Crippen LogP contribution in [0, 0.1) is 0 Å². The third-order valence-electron chi connectivity index (χ3n) is 5.35. The molecule has 0 bridgehead atoms. The first-order chi connectivity index (χ1) is 11.2. The smallest absolute Gasteiger partial charge is 0.410 e. The summed E-state index contributed by atoms with van der Waals surface area (Å²) in [5.74, 6) is 0. The van der Waals surface area contributed by atoms with Gasteiger partial charge in [0.05, 0.1) is 0 Å². The lowest BCUT2D eigenvalue weighted by Gasteiger charge is -2.48. The van der Waals surface area contributed by atoms with Gasteiger partial charge in [0.1, 0.15) is 17.4 Å².